The Morgan fingerprint density at radius 1 is 1.41 bits per heavy atom. The van der Waals surface area contributed by atoms with Gasteiger partial charge in [0.25, 0.3) is 0 Å². The second kappa shape index (κ2) is 4.59. The third-order valence-electron chi connectivity index (χ3n) is 2.62. The molecule has 0 amide bonds. The van der Waals surface area contributed by atoms with Crippen molar-refractivity contribution in [1.82, 2.24) is 4.98 Å². The Kier molecular flexibility index (Phi) is 3.32. The van der Waals surface area contributed by atoms with Gasteiger partial charge in [-0.05, 0) is 22.0 Å². The van der Waals surface area contributed by atoms with Gasteiger partial charge >= 0.3 is 5.97 Å². The second-order valence-corrected chi connectivity index (χ2v) is 4.79. The van der Waals surface area contributed by atoms with E-state index in [9.17, 15) is 15.0 Å². The van der Waals surface area contributed by atoms with Crippen LogP contribution in [0.3, 0.4) is 0 Å². The maximum absolute atomic E-state index is 11.1. The van der Waals surface area contributed by atoms with Crippen molar-refractivity contribution < 1.29 is 20.1 Å². The number of hydrogen-bond donors (Lipinski definition) is 3. The number of carboxylic acid groups (broad SMARTS) is 1. The molecule has 1 saturated heterocycles. The molecule has 2 rings (SSSR count). The summed E-state index contributed by atoms with van der Waals surface area (Å²) in [5.41, 5.74) is 0.0423. The van der Waals surface area contributed by atoms with Gasteiger partial charge in [-0.2, -0.15) is 0 Å². The number of aliphatic hydroxyl groups is 2. The summed E-state index contributed by atoms with van der Waals surface area (Å²) in [5.74, 6) is -0.832. The second-order valence-electron chi connectivity index (χ2n) is 3.87. The third kappa shape index (κ3) is 2.41. The van der Waals surface area contributed by atoms with Crippen LogP contribution in [0.1, 0.15) is 10.4 Å². The summed E-state index contributed by atoms with van der Waals surface area (Å²) in [6.07, 6.45) is -0.261. The molecule has 6 nitrogen and oxygen atoms in total. The number of hydrogen-bond acceptors (Lipinski definition) is 5. The molecule has 2 heterocycles. The standard InChI is InChI=1S/C10H11BrN2O4/c11-5-1-6(10(16)17)9(12-2-5)13-3-7(14)8(15)4-13/h1-2,7-8,14-15H,3-4H2,(H,16,17). The van der Waals surface area contributed by atoms with Gasteiger partial charge in [0.05, 0.1) is 12.2 Å². The number of aromatic nitrogens is 1. The van der Waals surface area contributed by atoms with Gasteiger partial charge in [-0.25, -0.2) is 9.78 Å². The Morgan fingerprint density at radius 3 is 2.53 bits per heavy atom. The smallest absolute Gasteiger partial charge is 0.339 e. The van der Waals surface area contributed by atoms with E-state index in [0.717, 1.165) is 0 Å². The van der Waals surface area contributed by atoms with Crippen molar-refractivity contribution in [2.45, 2.75) is 12.2 Å². The molecule has 1 fully saturated rings. The molecule has 7 heteroatoms. The molecule has 1 aliphatic rings. The molecule has 2 atom stereocenters. The van der Waals surface area contributed by atoms with Gasteiger partial charge in [-0.3, -0.25) is 0 Å². The van der Waals surface area contributed by atoms with E-state index in [1.54, 1.807) is 4.90 Å². The van der Waals surface area contributed by atoms with Gasteiger partial charge in [0.1, 0.15) is 11.4 Å². The zero-order chi connectivity index (χ0) is 12.6. The van der Waals surface area contributed by atoms with Crippen LogP contribution in [0.2, 0.25) is 0 Å². The first-order chi connectivity index (χ1) is 7.99. The number of β-amino-alcohol motifs (C(OH)–C–C–N with tert-alkyl or cyclic N) is 2. The average Bonchev–Trinajstić information content (AvgIpc) is 2.59. The van der Waals surface area contributed by atoms with E-state index in [-0.39, 0.29) is 24.5 Å². The van der Waals surface area contributed by atoms with Gasteiger partial charge in [0.2, 0.25) is 0 Å². The first-order valence-electron chi connectivity index (χ1n) is 4.99. The lowest BCUT2D eigenvalue weighted by atomic mass is 10.2. The minimum absolute atomic E-state index is 0.0423. The molecule has 3 N–H and O–H groups in total. The highest BCUT2D eigenvalue weighted by Gasteiger charge is 2.32. The van der Waals surface area contributed by atoms with E-state index >= 15 is 0 Å². The number of nitrogens with zero attached hydrogens (tertiary/aromatic N) is 2. The van der Waals surface area contributed by atoms with Gasteiger partial charge in [-0.15, -0.1) is 0 Å². The highest BCUT2D eigenvalue weighted by atomic mass is 79.9. The maximum atomic E-state index is 11.1. The summed E-state index contributed by atoms with van der Waals surface area (Å²) in [5, 5.41) is 27.9. The molecule has 0 aromatic carbocycles. The minimum atomic E-state index is -1.09. The molecule has 92 valence electrons. The molecule has 0 saturated carbocycles. The third-order valence-corrected chi connectivity index (χ3v) is 3.06. The number of carbonyl (C=O) groups is 1. The van der Waals surface area contributed by atoms with E-state index in [2.05, 4.69) is 20.9 Å². The van der Waals surface area contributed by atoms with Crippen molar-refractivity contribution >= 4 is 27.7 Å². The number of carboxylic acids is 1. The monoisotopic (exact) mass is 302 g/mol. The number of halogens is 1. The highest BCUT2D eigenvalue weighted by Crippen LogP contribution is 2.25. The summed E-state index contributed by atoms with van der Waals surface area (Å²) in [4.78, 5) is 16.7. The molecule has 0 bridgehead atoms. The quantitative estimate of drug-likeness (QED) is 0.716. The predicted octanol–water partition coefficient (Wildman–Crippen LogP) is 0.0841. The van der Waals surface area contributed by atoms with Crippen molar-refractivity contribution in [3.63, 3.8) is 0 Å². The van der Waals surface area contributed by atoms with Crippen molar-refractivity contribution in [1.29, 1.82) is 0 Å². The zero-order valence-electron chi connectivity index (χ0n) is 8.75. The number of aliphatic hydroxyl groups excluding tert-OH is 2. The van der Waals surface area contributed by atoms with Gasteiger partial charge in [0, 0.05) is 23.8 Å². The summed E-state index contributed by atoms with van der Waals surface area (Å²) in [6.45, 7) is 0.353. The number of anilines is 1. The van der Waals surface area contributed by atoms with Crippen LogP contribution >= 0.6 is 15.9 Å². The summed E-state index contributed by atoms with van der Waals surface area (Å²) in [7, 11) is 0. The Balaban J connectivity index is 2.36. The van der Waals surface area contributed by atoms with Crippen LogP contribution in [-0.2, 0) is 0 Å². The van der Waals surface area contributed by atoms with E-state index < -0.39 is 18.2 Å². The number of rotatable bonds is 2. The topological polar surface area (TPSA) is 93.9 Å². The van der Waals surface area contributed by atoms with Crippen LogP contribution in [0.25, 0.3) is 0 Å². The van der Waals surface area contributed by atoms with Crippen molar-refractivity contribution in [3.8, 4) is 0 Å². The zero-order valence-corrected chi connectivity index (χ0v) is 10.3. The summed E-state index contributed by atoms with van der Waals surface area (Å²) < 4.78 is 0.568. The van der Waals surface area contributed by atoms with Crippen molar-refractivity contribution in [2.75, 3.05) is 18.0 Å². The average molecular weight is 303 g/mol. The largest absolute Gasteiger partial charge is 0.478 e. The molecule has 17 heavy (non-hydrogen) atoms. The number of pyridine rings is 1. The Morgan fingerprint density at radius 2 is 2.00 bits per heavy atom. The fourth-order valence-corrected chi connectivity index (χ4v) is 2.12. The summed E-state index contributed by atoms with van der Waals surface area (Å²) in [6, 6.07) is 1.45. The molecule has 1 aromatic rings. The lowest BCUT2D eigenvalue weighted by Gasteiger charge is -2.18. The summed E-state index contributed by atoms with van der Waals surface area (Å²) >= 11 is 3.15. The number of aromatic carboxylic acids is 1. The van der Waals surface area contributed by atoms with Gasteiger partial charge in [-0.1, -0.05) is 0 Å². The molecule has 0 spiro atoms. The maximum Gasteiger partial charge on any atom is 0.339 e. The lowest BCUT2D eigenvalue weighted by Crippen LogP contribution is -2.24. The minimum Gasteiger partial charge on any atom is -0.478 e. The van der Waals surface area contributed by atoms with Crippen LogP contribution in [0.5, 0.6) is 0 Å². The molecule has 1 aromatic heterocycles. The van der Waals surface area contributed by atoms with Crippen LogP contribution in [0.4, 0.5) is 5.82 Å². The molecule has 2 unspecified atom stereocenters. The molecular formula is C10H11BrN2O4. The lowest BCUT2D eigenvalue weighted by molar-refractivity contribution is 0.0572. The Hall–Kier alpha value is -1.18. The molecule has 1 aliphatic heterocycles. The fraction of sp³-hybridized carbons (Fsp3) is 0.400. The molecule has 0 radical (unpaired) electrons. The van der Waals surface area contributed by atoms with E-state index in [4.69, 9.17) is 5.11 Å². The SMILES string of the molecule is O=C(O)c1cc(Br)cnc1N1CC(O)C(O)C1. The fourth-order valence-electron chi connectivity index (χ4n) is 1.78. The van der Waals surface area contributed by atoms with Crippen LogP contribution in [-0.4, -0.2) is 51.6 Å². The van der Waals surface area contributed by atoms with Crippen LogP contribution in [0, 0.1) is 0 Å². The Labute approximate surface area is 106 Å². The highest BCUT2D eigenvalue weighted by molar-refractivity contribution is 9.10. The first kappa shape index (κ1) is 12.3. The Bertz CT molecular complexity index is 444. The van der Waals surface area contributed by atoms with Crippen LogP contribution in [0.15, 0.2) is 16.7 Å². The predicted molar refractivity (Wildman–Crippen MR) is 63.1 cm³/mol. The van der Waals surface area contributed by atoms with E-state index in [1.165, 1.54) is 12.3 Å². The van der Waals surface area contributed by atoms with Gasteiger partial charge in [0.15, 0.2) is 0 Å². The van der Waals surface area contributed by atoms with E-state index in [0.29, 0.717) is 4.47 Å². The first-order valence-corrected chi connectivity index (χ1v) is 5.78. The van der Waals surface area contributed by atoms with Crippen LogP contribution < -0.4 is 4.90 Å². The molecular weight excluding hydrogens is 292 g/mol. The normalized spacial score (nSPS) is 24.1. The van der Waals surface area contributed by atoms with Crippen molar-refractivity contribution in [3.05, 3.63) is 22.3 Å². The van der Waals surface area contributed by atoms with Gasteiger partial charge < -0.3 is 20.2 Å². The van der Waals surface area contributed by atoms with E-state index in [1.807, 2.05) is 0 Å². The molecule has 0 aliphatic carbocycles. The van der Waals surface area contributed by atoms with Crippen molar-refractivity contribution in [2.24, 2.45) is 0 Å².